The molecule has 4 rings (SSSR count). The fourth-order valence-corrected chi connectivity index (χ4v) is 5.93. The summed E-state index contributed by atoms with van der Waals surface area (Å²) in [5.41, 5.74) is 9.47. The summed E-state index contributed by atoms with van der Waals surface area (Å²) in [6.07, 6.45) is 8.76. The maximum atomic E-state index is 13.3. The van der Waals surface area contributed by atoms with Gasteiger partial charge in [-0.05, 0) is 61.5 Å². The van der Waals surface area contributed by atoms with Crippen molar-refractivity contribution in [3.05, 3.63) is 102 Å². The number of urea groups is 1. The molecule has 1 heterocycles. The van der Waals surface area contributed by atoms with Crippen molar-refractivity contribution in [3.63, 3.8) is 0 Å². The Labute approximate surface area is 245 Å². The number of primary amides is 1. The maximum absolute atomic E-state index is 13.3. The molecular formula is C35H46N4O2. The molecule has 0 atom stereocenters. The van der Waals surface area contributed by atoms with Gasteiger partial charge in [0.15, 0.2) is 0 Å². The van der Waals surface area contributed by atoms with E-state index >= 15 is 0 Å². The second-order valence-corrected chi connectivity index (χ2v) is 11.2. The SMILES string of the molecule is CCCCCCCCN(C(N)=O)c1ccccc1C(=O)NCC1CCN(C(c2ccccc2)c2ccccc2)CC1. The van der Waals surface area contributed by atoms with Crippen LogP contribution in [0.3, 0.4) is 0 Å². The molecule has 1 fully saturated rings. The summed E-state index contributed by atoms with van der Waals surface area (Å²) in [7, 11) is 0. The number of carbonyl (C=O) groups is 2. The highest BCUT2D eigenvalue weighted by Crippen LogP contribution is 2.32. The Kier molecular flexibility index (Phi) is 11.8. The smallest absolute Gasteiger partial charge is 0.319 e. The number of hydrogen-bond acceptors (Lipinski definition) is 3. The molecule has 0 aromatic heterocycles. The summed E-state index contributed by atoms with van der Waals surface area (Å²) in [4.78, 5) is 29.8. The Balaban J connectivity index is 1.33. The third kappa shape index (κ3) is 8.67. The number of unbranched alkanes of at least 4 members (excludes halogenated alkanes) is 5. The van der Waals surface area contributed by atoms with Crippen LogP contribution in [0.15, 0.2) is 84.9 Å². The molecule has 0 aliphatic carbocycles. The summed E-state index contributed by atoms with van der Waals surface area (Å²) in [6.45, 7) is 5.29. The maximum Gasteiger partial charge on any atom is 0.319 e. The number of carbonyl (C=O) groups excluding carboxylic acids is 2. The highest BCUT2D eigenvalue weighted by molar-refractivity contribution is 6.04. The standard InChI is InChI=1S/C35H46N4O2/c1-2-3-4-5-6-15-24-39(35(36)41)32-21-14-13-20-31(32)34(40)37-27-28-22-25-38(26-23-28)33(29-16-9-7-10-17-29)30-18-11-8-12-19-30/h7-14,16-21,28,33H,2-6,15,22-27H2,1H3,(H2,36,41)(H,37,40). The van der Waals surface area contributed by atoms with Gasteiger partial charge in [0.05, 0.1) is 17.3 Å². The first-order chi connectivity index (χ1) is 20.1. The number of para-hydroxylation sites is 1. The molecule has 3 aromatic carbocycles. The van der Waals surface area contributed by atoms with Gasteiger partial charge in [-0.15, -0.1) is 0 Å². The van der Waals surface area contributed by atoms with Crippen molar-refractivity contribution in [1.82, 2.24) is 10.2 Å². The lowest BCUT2D eigenvalue weighted by Gasteiger charge is -2.38. The van der Waals surface area contributed by atoms with Gasteiger partial charge in [-0.25, -0.2) is 4.79 Å². The van der Waals surface area contributed by atoms with Crippen molar-refractivity contribution < 1.29 is 9.59 Å². The fourth-order valence-electron chi connectivity index (χ4n) is 5.93. The van der Waals surface area contributed by atoms with E-state index in [9.17, 15) is 9.59 Å². The predicted octanol–water partition coefficient (Wildman–Crippen LogP) is 7.16. The van der Waals surface area contributed by atoms with Gasteiger partial charge in [0, 0.05) is 13.1 Å². The first-order valence-electron chi connectivity index (χ1n) is 15.4. The number of rotatable bonds is 14. The average molecular weight is 555 g/mol. The van der Waals surface area contributed by atoms with E-state index in [4.69, 9.17) is 5.73 Å². The van der Waals surface area contributed by atoms with Gasteiger partial charge in [0.2, 0.25) is 0 Å². The topological polar surface area (TPSA) is 78.7 Å². The number of piperidine rings is 1. The first kappa shape index (κ1) is 30.3. The van der Waals surface area contributed by atoms with Crippen molar-refractivity contribution in [1.29, 1.82) is 0 Å². The monoisotopic (exact) mass is 554 g/mol. The number of benzene rings is 3. The number of nitrogens with zero attached hydrogens (tertiary/aromatic N) is 2. The second-order valence-electron chi connectivity index (χ2n) is 11.2. The van der Waals surface area contributed by atoms with Crippen molar-refractivity contribution in [2.45, 2.75) is 64.3 Å². The molecule has 3 aromatic rings. The van der Waals surface area contributed by atoms with Crippen LogP contribution in [0, 0.1) is 5.92 Å². The molecule has 0 bridgehead atoms. The molecule has 0 unspecified atom stereocenters. The Bertz CT molecular complexity index is 1170. The molecular weight excluding hydrogens is 508 g/mol. The number of nitrogens with one attached hydrogen (secondary N) is 1. The lowest BCUT2D eigenvalue weighted by atomic mass is 9.91. The van der Waals surface area contributed by atoms with E-state index in [1.807, 2.05) is 18.2 Å². The Morgan fingerprint density at radius 3 is 2.00 bits per heavy atom. The van der Waals surface area contributed by atoms with Crippen LogP contribution in [0.5, 0.6) is 0 Å². The molecule has 1 aliphatic rings. The number of hydrogen-bond donors (Lipinski definition) is 2. The van der Waals surface area contributed by atoms with Crippen LogP contribution in [0.2, 0.25) is 0 Å². The number of amides is 3. The van der Waals surface area contributed by atoms with E-state index in [-0.39, 0.29) is 11.9 Å². The fraction of sp³-hybridized carbons (Fsp3) is 0.429. The molecule has 41 heavy (non-hydrogen) atoms. The van der Waals surface area contributed by atoms with Crippen LogP contribution in [0.4, 0.5) is 10.5 Å². The van der Waals surface area contributed by atoms with Crippen LogP contribution in [0.1, 0.15) is 85.8 Å². The summed E-state index contributed by atoms with van der Waals surface area (Å²) in [6, 6.07) is 28.4. The zero-order chi connectivity index (χ0) is 28.9. The summed E-state index contributed by atoms with van der Waals surface area (Å²) in [5, 5.41) is 3.16. The van der Waals surface area contributed by atoms with Crippen LogP contribution in [-0.2, 0) is 0 Å². The summed E-state index contributed by atoms with van der Waals surface area (Å²) in [5.74, 6) is 0.258. The zero-order valence-electron chi connectivity index (χ0n) is 24.5. The number of anilines is 1. The quantitative estimate of drug-likeness (QED) is 0.208. The Morgan fingerprint density at radius 1 is 0.829 bits per heavy atom. The normalized spacial score (nSPS) is 14.2. The van der Waals surface area contributed by atoms with E-state index in [0.29, 0.717) is 30.3 Å². The third-order valence-electron chi connectivity index (χ3n) is 8.24. The molecule has 1 saturated heterocycles. The molecule has 0 spiro atoms. The van der Waals surface area contributed by atoms with E-state index in [1.165, 1.54) is 30.4 Å². The molecule has 3 amide bonds. The molecule has 0 saturated carbocycles. The lowest BCUT2D eigenvalue weighted by Crippen LogP contribution is -2.41. The Morgan fingerprint density at radius 2 is 1.39 bits per heavy atom. The molecule has 0 radical (unpaired) electrons. The minimum absolute atomic E-state index is 0.149. The summed E-state index contributed by atoms with van der Waals surface area (Å²) < 4.78 is 0. The van der Waals surface area contributed by atoms with E-state index in [1.54, 1.807) is 11.0 Å². The van der Waals surface area contributed by atoms with E-state index in [2.05, 4.69) is 77.8 Å². The van der Waals surface area contributed by atoms with Gasteiger partial charge in [0.1, 0.15) is 0 Å². The van der Waals surface area contributed by atoms with Crippen molar-refractivity contribution in [2.75, 3.05) is 31.1 Å². The van der Waals surface area contributed by atoms with Gasteiger partial charge in [0.25, 0.3) is 5.91 Å². The van der Waals surface area contributed by atoms with E-state index in [0.717, 1.165) is 45.2 Å². The highest BCUT2D eigenvalue weighted by Gasteiger charge is 2.28. The van der Waals surface area contributed by atoms with Crippen molar-refractivity contribution in [2.24, 2.45) is 11.7 Å². The largest absolute Gasteiger partial charge is 0.352 e. The van der Waals surface area contributed by atoms with Crippen molar-refractivity contribution >= 4 is 17.6 Å². The van der Waals surface area contributed by atoms with Gasteiger partial charge in [-0.2, -0.15) is 0 Å². The Hall–Kier alpha value is -3.64. The highest BCUT2D eigenvalue weighted by atomic mass is 16.2. The van der Waals surface area contributed by atoms with Crippen LogP contribution < -0.4 is 16.0 Å². The van der Waals surface area contributed by atoms with Crippen LogP contribution in [-0.4, -0.2) is 43.0 Å². The van der Waals surface area contributed by atoms with Crippen LogP contribution >= 0.6 is 0 Å². The number of likely N-dealkylation sites (tertiary alicyclic amines) is 1. The third-order valence-corrected chi connectivity index (χ3v) is 8.24. The average Bonchev–Trinajstić information content (AvgIpc) is 3.01. The van der Waals surface area contributed by atoms with Gasteiger partial charge in [-0.3, -0.25) is 14.6 Å². The minimum atomic E-state index is -0.516. The lowest BCUT2D eigenvalue weighted by molar-refractivity contribution is 0.0931. The molecule has 6 nitrogen and oxygen atoms in total. The molecule has 218 valence electrons. The zero-order valence-corrected chi connectivity index (χ0v) is 24.5. The first-order valence-corrected chi connectivity index (χ1v) is 15.4. The molecule has 6 heteroatoms. The molecule has 3 N–H and O–H groups in total. The van der Waals surface area contributed by atoms with Gasteiger partial charge in [-0.1, -0.05) is 112 Å². The second kappa shape index (κ2) is 16.0. The molecule has 1 aliphatic heterocycles. The number of nitrogens with two attached hydrogens (primary N) is 1. The van der Waals surface area contributed by atoms with Gasteiger partial charge >= 0.3 is 6.03 Å². The van der Waals surface area contributed by atoms with Gasteiger partial charge < -0.3 is 11.1 Å². The predicted molar refractivity (Wildman–Crippen MR) is 168 cm³/mol. The van der Waals surface area contributed by atoms with Crippen molar-refractivity contribution in [3.8, 4) is 0 Å². The minimum Gasteiger partial charge on any atom is -0.352 e. The van der Waals surface area contributed by atoms with E-state index < -0.39 is 6.03 Å². The van der Waals surface area contributed by atoms with Crippen LogP contribution in [0.25, 0.3) is 0 Å². The summed E-state index contributed by atoms with van der Waals surface area (Å²) >= 11 is 0.